The summed E-state index contributed by atoms with van der Waals surface area (Å²) in [6.45, 7) is 1.13. The number of nitrogens with one attached hydrogen (secondary N) is 1. The number of amides is 1. The van der Waals surface area contributed by atoms with E-state index in [9.17, 15) is 9.59 Å². The standard InChI is InChI=1S/C21H26N2O2/c24-20(14-17-6-2-1-3-7-17)22-15-18-9-11-19(12-10-18)16-23-13-5-4-8-21(23)25/h4-5,8-13,17H,1-3,6-7,14-16H2,(H,22,24). The summed E-state index contributed by atoms with van der Waals surface area (Å²) in [7, 11) is 0. The first-order chi connectivity index (χ1) is 12.2. The van der Waals surface area contributed by atoms with Crippen LogP contribution in [0, 0.1) is 5.92 Å². The van der Waals surface area contributed by atoms with Gasteiger partial charge in [0.1, 0.15) is 0 Å². The van der Waals surface area contributed by atoms with Crippen LogP contribution in [0.3, 0.4) is 0 Å². The molecule has 132 valence electrons. The molecule has 25 heavy (non-hydrogen) atoms. The van der Waals surface area contributed by atoms with E-state index in [0.717, 1.165) is 11.1 Å². The smallest absolute Gasteiger partial charge is 0.250 e. The van der Waals surface area contributed by atoms with E-state index in [4.69, 9.17) is 0 Å². The molecule has 3 rings (SSSR count). The van der Waals surface area contributed by atoms with Crippen LogP contribution < -0.4 is 10.9 Å². The fourth-order valence-electron chi connectivity index (χ4n) is 3.48. The molecule has 1 aliphatic rings. The molecule has 0 aliphatic heterocycles. The number of hydrogen-bond acceptors (Lipinski definition) is 2. The lowest BCUT2D eigenvalue weighted by molar-refractivity contribution is -0.122. The zero-order valence-electron chi connectivity index (χ0n) is 14.6. The van der Waals surface area contributed by atoms with E-state index in [1.807, 2.05) is 30.3 Å². The highest BCUT2D eigenvalue weighted by molar-refractivity contribution is 5.76. The topological polar surface area (TPSA) is 51.1 Å². The lowest BCUT2D eigenvalue weighted by Gasteiger charge is -2.20. The molecule has 1 heterocycles. The molecule has 1 aromatic carbocycles. The Kier molecular flexibility index (Phi) is 6.04. The number of benzene rings is 1. The molecule has 2 aromatic rings. The molecule has 0 atom stereocenters. The third-order valence-corrected chi connectivity index (χ3v) is 4.96. The third kappa shape index (κ3) is 5.31. The molecule has 0 bridgehead atoms. The van der Waals surface area contributed by atoms with Gasteiger partial charge in [-0.2, -0.15) is 0 Å². The van der Waals surface area contributed by atoms with E-state index in [1.54, 1.807) is 22.9 Å². The number of hydrogen-bond donors (Lipinski definition) is 1. The second-order valence-electron chi connectivity index (χ2n) is 6.97. The highest BCUT2D eigenvalue weighted by atomic mass is 16.1. The van der Waals surface area contributed by atoms with Crippen molar-refractivity contribution in [2.45, 2.75) is 51.6 Å². The second kappa shape index (κ2) is 8.65. The summed E-state index contributed by atoms with van der Waals surface area (Å²) < 4.78 is 1.68. The van der Waals surface area contributed by atoms with E-state index in [2.05, 4.69) is 5.32 Å². The third-order valence-electron chi connectivity index (χ3n) is 4.96. The fraction of sp³-hybridized carbons (Fsp3) is 0.429. The predicted molar refractivity (Wildman–Crippen MR) is 99.3 cm³/mol. The Hall–Kier alpha value is -2.36. The lowest BCUT2D eigenvalue weighted by atomic mass is 9.87. The number of pyridine rings is 1. The van der Waals surface area contributed by atoms with Gasteiger partial charge >= 0.3 is 0 Å². The van der Waals surface area contributed by atoms with Crippen LogP contribution in [0.25, 0.3) is 0 Å². The Bertz CT molecular complexity index is 743. The van der Waals surface area contributed by atoms with Gasteiger partial charge in [-0.15, -0.1) is 0 Å². The first-order valence-electron chi connectivity index (χ1n) is 9.21. The maximum atomic E-state index is 12.1. The van der Waals surface area contributed by atoms with Crippen LogP contribution in [0.15, 0.2) is 53.5 Å². The van der Waals surface area contributed by atoms with Crippen LogP contribution in [-0.4, -0.2) is 10.5 Å². The number of carbonyl (C=O) groups is 1. The molecule has 1 saturated carbocycles. The van der Waals surface area contributed by atoms with Crippen molar-refractivity contribution in [1.29, 1.82) is 0 Å². The maximum Gasteiger partial charge on any atom is 0.250 e. The fourth-order valence-corrected chi connectivity index (χ4v) is 3.48. The molecular weight excluding hydrogens is 312 g/mol. The summed E-state index contributed by atoms with van der Waals surface area (Å²) in [6, 6.07) is 13.2. The highest BCUT2D eigenvalue weighted by Crippen LogP contribution is 2.26. The predicted octanol–water partition coefficient (Wildman–Crippen LogP) is 3.48. The Balaban J connectivity index is 1.48. The Labute approximate surface area is 148 Å². The minimum atomic E-state index is 0.00144. The van der Waals surface area contributed by atoms with Gasteiger partial charge in [-0.1, -0.05) is 49.6 Å². The molecule has 1 aliphatic carbocycles. The van der Waals surface area contributed by atoms with Gasteiger partial charge in [-0.05, 0) is 36.0 Å². The number of nitrogens with zero attached hydrogens (tertiary/aromatic N) is 1. The second-order valence-corrected chi connectivity index (χ2v) is 6.97. The number of aromatic nitrogens is 1. The summed E-state index contributed by atoms with van der Waals surface area (Å²) in [4.78, 5) is 23.8. The van der Waals surface area contributed by atoms with Crippen molar-refractivity contribution in [2.75, 3.05) is 0 Å². The van der Waals surface area contributed by atoms with Gasteiger partial charge in [0.2, 0.25) is 5.91 Å². The van der Waals surface area contributed by atoms with E-state index >= 15 is 0 Å². The van der Waals surface area contributed by atoms with Gasteiger partial charge in [0.05, 0.1) is 6.54 Å². The monoisotopic (exact) mass is 338 g/mol. The summed E-state index contributed by atoms with van der Waals surface area (Å²) in [5.74, 6) is 0.729. The highest BCUT2D eigenvalue weighted by Gasteiger charge is 2.16. The minimum Gasteiger partial charge on any atom is -0.352 e. The summed E-state index contributed by atoms with van der Waals surface area (Å²) >= 11 is 0. The quantitative estimate of drug-likeness (QED) is 0.876. The molecule has 1 N–H and O–H groups in total. The average molecular weight is 338 g/mol. The largest absolute Gasteiger partial charge is 0.352 e. The van der Waals surface area contributed by atoms with E-state index in [1.165, 1.54) is 32.1 Å². The van der Waals surface area contributed by atoms with Crippen LogP contribution in [0.5, 0.6) is 0 Å². The molecule has 4 nitrogen and oxygen atoms in total. The van der Waals surface area contributed by atoms with Crippen molar-refractivity contribution in [1.82, 2.24) is 9.88 Å². The molecule has 4 heteroatoms. The van der Waals surface area contributed by atoms with Gasteiger partial charge in [-0.3, -0.25) is 9.59 Å². The Morgan fingerprint density at radius 1 is 1.00 bits per heavy atom. The molecule has 1 aromatic heterocycles. The van der Waals surface area contributed by atoms with Crippen molar-refractivity contribution >= 4 is 5.91 Å². The van der Waals surface area contributed by atoms with Crippen LogP contribution >= 0.6 is 0 Å². The summed E-state index contributed by atoms with van der Waals surface area (Å²) in [5.41, 5.74) is 2.16. The van der Waals surface area contributed by atoms with E-state index in [-0.39, 0.29) is 11.5 Å². The first kappa shape index (κ1) is 17.5. The van der Waals surface area contributed by atoms with Crippen molar-refractivity contribution in [3.05, 3.63) is 70.1 Å². The zero-order valence-corrected chi connectivity index (χ0v) is 14.6. The van der Waals surface area contributed by atoms with Crippen LogP contribution in [-0.2, 0) is 17.9 Å². The van der Waals surface area contributed by atoms with Crippen LogP contribution in [0.4, 0.5) is 0 Å². The van der Waals surface area contributed by atoms with E-state index < -0.39 is 0 Å². The van der Waals surface area contributed by atoms with Gasteiger partial charge in [0, 0.05) is 25.2 Å². The van der Waals surface area contributed by atoms with E-state index in [0.29, 0.717) is 25.4 Å². The van der Waals surface area contributed by atoms with Crippen molar-refractivity contribution in [3.8, 4) is 0 Å². The van der Waals surface area contributed by atoms with Gasteiger partial charge in [-0.25, -0.2) is 0 Å². The first-order valence-corrected chi connectivity index (χ1v) is 9.21. The minimum absolute atomic E-state index is 0.00144. The Morgan fingerprint density at radius 3 is 2.44 bits per heavy atom. The van der Waals surface area contributed by atoms with Gasteiger partial charge in [0.25, 0.3) is 5.56 Å². The normalized spacial score (nSPS) is 15.0. The molecule has 0 spiro atoms. The summed E-state index contributed by atoms with van der Waals surface area (Å²) in [5, 5.41) is 3.03. The van der Waals surface area contributed by atoms with Crippen molar-refractivity contribution in [3.63, 3.8) is 0 Å². The molecule has 0 unspecified atom stereocenters. The van der Waals surface area contributed by atoms with Crippen molar-refractivity contribution in [2.24, 2.45) is 5.92 Å². The number of rotatable bonds is 6. The maximum absolute atomic E-state index is 12.1. The lowest BCUT2D eigenvalue weighted by Crippen LogP contribution is -2.25. The summed E-state index contributed by atoms with van der Waals surface area (Å²) in [6.07, 6.45) is 8.70. The number of carbonyl (C=O) groups excluding carboxylic acids is 1. The molecule has 1 amide bonds. The zero-order chi connectivity index (χ0) is 17.5. The SMILES string of the molecule is O=C(CC1CCCCC1)NCc1ccc(Cn2ccccc2=O)cc1. The van der Waals surface area contributed by atoms with Crippen molar-refractivity contribution < 1.29 is 4.79 Å². The Morgan fingerprint density at radius 2 is 1.72 bits per heavy atom. The molecular formula is C21H26N2O2. The molecule has 1 fully saturated rings. The molecule has 0 radical (unpaired) electrons. The van der Waals surface area contributed by atoms with Gasteiger partial charge < -0.3 is 9.88 Å². The van der Waals surface area contributed by atoms with Crippen LogP contribution in [0.1, 0.15) is 49.7 Å². The van der Waals surface area contributed by atoms with Crippen LogP contribution in [0.2, 0.25) is 0 Å². The van der Waals surface area contributed by atoms with Gasteiger partial charge in [0.15, 0.2) is 0 Å². The molecule has 0 saturated heterocycles. The average Bonchev–Trinajstić information content (AvgIpc) is 2.64.